The van der Waals surface area contributed by atoms with E-state index in [0.29, 0.717) is 30.3 Å². The number of ether oxygens (including phenoxy) is 4. The van der Waals surface area contributed by atoms with Crippen molar-refractivity contribution in [2.75, 3.05) is 34.0 Å². The molecule has 1 heterocycles. The second kappa shape index (κ2) is 5.87. The van der Waals surface area contributed by atoms with Gasteiger partial charge >= 0.3 is 0 Å². The van der Waals surface area contributed by atoms with Crippen LogP contribution in [-0.4, -0.2) is 44.3 Å². The molecule has 0 spiro atoms. The van der Waals surface area contributed by atoms with Crippen molar-refractivity contribution in [2.45, 2.75) is 13.2 Å². The first-order valence-electron chi connectivity index (χ1n) is 6.32. The van der Waals surface area contributed by atoms with Crippen LogP contribution >= 0.6 is 0 Å². The third kappa shape index (κ3) is 2.82. The fraction of sp³-hybridized carbons (Fsp3) is 0.571. The van der Waals surface area contributed by atoms with Gasteiger partial charge in [0.2, 0.25) is 0 Å². The Kier molecular flexibility index (Phi) is 4.37. The quantitative estimate of drug-likeness (QED) is 0.871. The van der Waals surface area contributed by atoms with Gasteiger partial charge in [-0.25, -0.2) is 0 Å². The summed E-state index contributed by atoms with van der Waals surface area (Å²) >= 11 is 0. The fourth-order valence-electron chi connectivity index (χ4n) is 2.01. The first kappa shape index (κ1) is 14.9. The van der Waals surface area contributed by atoms with Crippen molar-refractivity contribution < 1.29 is 29.2 Å². The molecule has 0 saturated carbocycles. The van der Waals surface area contributed by atoms with Crippen LogP contribution in [0.1, 0.15) is 18.8 Å². The van der Waals surface area contributed by atoms with Gasteiger partial charge in [-0.05, 0) is 0 Å². The second-order valence-electron chi connectivity index (χ2n) is 5.19. The minimum Gasteiger partial charge on any atom is -0.507 e. The van der Waals surface area contributed by atoms with Gasteiger partial charge in [0.15, 0.2) is 6.29 Å². The molecular weight excluding hydrogens is 264 g/mol. The number of aliphatic hydroxyl groups excluding tert-OH is 1. The van der Waals surface area contributed by atoms with E-state index in [-0.39, 0.29) is 12.4 Å². The molecule has 6 nitrogen and oxygen atoms in total. The molecule has 0 radical (unpaired) electrons. The van der Waals surface area contributed by atoms with E-state index in [4.69, 9.17) is 18.9 Å². The van der Waals surface area contributed by atoms with Crippen LogP contribution in [-0.2, 0) is 9.47 Å². The maximum Gasteiger partial charge on any atom is 0.191 e. The van der Waals surface area contributed by atoms with Crippen molar-refractivity contribution in [1.29, 1.82) is 0 Å². The zero-order valence-corrected chi connectivity index (χ0v) is 11.9. The molecule has 0 aliphatic carbocycles. The Labute approximate surface area is 117 Å². The zero-order chi connectivity index (χ0) is 14.8. The largest absolute Gasteiger partial charge is 0.507 e. The molecule has 20 heavy (non-hydrogen) atoms. The van der Waals surface area contributed by atoms with E-state index in [1.807, 2.05) is 6.92 Å². The van der Waals surface area contributed by atoms with Gasteiger partial charge in [0.05, 0.1) is 39.6 Å². The number of rotatable bonds is 4. The molecule has 6 heteroatoms. The number of aromatic hydroxyl groups is 1. The molecule has 2 N–H and O–H groups in total. The molecule has 0 aromatic heterocycles. The number of phenols is 1. The molecule has 0 unspecified atom stereocenters. The smallest absolute Gasteiger partial charge is 0.191 e. The minimum absolute atomic E-state index is 0.0150. The molecule has 1 aliphatic heterocycles. The summed E-state index contributed by atoms with van der Waals surface area (Å²) in [6.07, 6.45) is -0.726. The molecule has 1 saturated heterocycles. The number of hydrogen-bond acceptors (Lipinski definition) is 6. The highest BCUT2D eigenvalue weighted by atomic mass is 16.7. The van der Waals surface area contributed by atoms with E-state index in [1.165, 1.54) is 20.3 Å². The predicted molar refractivity (Wildman–Crippen MR) is 71.0 cm³/mol. The summed E-state index contributed by atoms with van der Waals surface area (Å²) in [5.41, 5.74) is -0.000435. The lowest BCUT2D eigenvalue weighted by Gasteiger charge is -2.36. The van der Waals surface area contributed by atoms with E-state index in [0.717, 1.165) is 0 Å². The molecule has 1 fully saturated rings. The number of methoxy groups -OCH3 is 2. The summed E-state index contributed by atoms with van der Waals surface area (Å²) in [6, 6.07) is 3.13. The number of aliphatic hydroxyl groups is 1. The summed E-state index contributed by atoms with van der Waals surface area (Å²) in [6.45, 7) is 2.52. The molecule has 1 aromatic carbocycles. The van der Waals surface area contributed by atoms with Crippen molar-refractivity contribution in [2.24, 2.45) is 5.41 Å². The summed E-state index contributed by atoms with van der Waals surface area (Å²) < 4.78 is 21.5. The van der Waals surface area contributed by atoms with Gasteiger partial charge in [-0.2, -0.15) is 0 Å². The summed E-state index contributed by atoms with van der Waals surface area (Å²) in [7, 11) is 3.01. The molecule has 1 aromatic rings. The van der Waals surface area contributed by atoms with Gasteiger partial charge < -0.3 is 29.2 Å². The van der Waals surface area contributed by atoms with Crippen LogP contribution in [0.2, 0.25) is 0 Å². The standard InChI is InChI=1S/C14H20O6/c1-14(6-15)7-19-13(20-8-14)12-10(16)4-9(17-2)5-11(12)18-3/h4-5,13,15-16H,6-8H2,1-3H3. The molecule has 2 rings (SSSR count). The Bertz CT molecular complexity index is 465. The number of benzene rings is 1. The average Bonchev–Trinajstić information content (AvgIpc) is 2.47. The highest BCUT2D eigenvalue weighted by Gasteiger charge is 2.35. The molecule has 0 atom stereocenters. The van der Waals surface area contributed by atoms with Gasteiger partial charge in [-0.1, -0.05) is 6.92 Å². The number of hydrogen-bond donors (Lipinski definition) is 2. The van der Waals surface area contributed by atoms with Crippen LogP contribution in [0.4, 0.5) is 0 Å². The highest BCUT2D eigenvalue weighted by molar-refractivity contribution is 5.50. The first-order valence-corrected chi connectivity index (χ1v) is 6.32. The molecule has 112 valence electrons. The normalized spacial score (nSPS) is 26.3. The van der Waals surface area contributed by atoms with Crippen molar-refractivity contribution in [3.63, 3.8) is 0 Å². The summed E-state index contributed by atoms with van der Waals surface area (Å²) in [4.78, 5) is 0. The van der Waals surface area contributed by atoms with Gasteiger partial charge in [-0.3, -0.25) is 0 Å². The zero-order valence-electron chi connectivity index (χ0n) is 11.9. The van der Waals surface area contributed by atoms with E-state index < -0.39 is 11.7 Å². The maximum absolute atomic E-state index is 10.1. The van der Waals surface area contributed by atoms with Gasteiger partial charge in [0.1, 0.15) is 17.2 Å². The van der Waals surface area contributed by atoms with Crippen molar-refractivity contribution in [1.82, 2.24) is 0 Å². The second-order valence-corrected chi connectivity index (χ2v) is 5.19. The van der Waals surface area contributed by atoms with Crippen molar-refractivity contribution in [3.05, 3.63) is 17.7 Å². The van der Waals surface area contributed by atoms with Crippen LogP contribution in [0, 0.1) is 5.41 Å². The van der Waals surface area contributed by atoms with Crippen molar-refractivity contribution in [3.8, 4) is 17.2 Å². The fourth-order valence-corrected chi connectivity index (χ4v) is 2.01. The topological polar surface area (TPSA) is 77.4 Å². The Hall–Kier alpha value is -1.50. The van der Waals surface area contributed by atoms with E-state index in [2.05, 4.69) is 0 Å². The van der Waals surface area contributed by atoms with Gasteiger partial charge in [-0.15, -0.1) is 0 Å². The number of phenolic OH excluding ortho intramolecular Hbond substituents is 1. The third-order valence-electron chi connectivity index (χ3n) is 3.33. The van der Waals surface area contributed by atoms with Crippen LogP contribution in [0.25, 0.3) is 0 Å². The molecular formula is C14H20O6. The Morgan fingerprint density at radius 2 is 1.90 bits per heavy atom. The third-order valence-corrected chi connectivity index (χ3v) is 3.33. The van der Waals surface area contributed by atoms with E-state index in [9.17, 15) is 10.2 Å². The van der Waals surface area contributed by atoms with Crippen LogP contribution in [0.15, 0.2) is 12.1 Å². The summed E-state index contributed by atoms with van der Waals surface area (Å²) in [5, 5.41) is 19.4. The monoisotopic (exact) mass is 284 g/mol. The van der Waals surface area contributed by atoms with E-state index >= 15 is 0 Å². The Morgan fingerprint density at radius 3 is 2.40 bits per heavy atom. The minimum atomic E-state index is -0.726. The van der Waals surface area contributed by atoms with Gasteiger partial charge in [0.25, 0.3) is 0 Å². The molecule has 0 amide bonds. The highest BCUT2D eigenvalue weighted by Crippen LogP contribution is 2.42. The lowest BCUT2D eigenvalue weighted by molar-refractivity contribution is -0.237. The predicted octanol–water partition coefficient (Wildman–Crippen LogP) is 1.45. The lowest BCUT2D eigenvalue weighted by atomic mass is 9.93. The SMILES string of the molecule is COc1cc(O)c(C2OCC(C)(CO)CO2)c(OC)c1. The Balaban J connectivity index is 2.25. The Morgan fingerprint density at radius 1 is 1.25 bits per heavy atom. The van der Waals surface area contributed by atoms with Gasteiger partial charge in [0, 0.05) is 17.5 Å². The summed E-state index contributed by atoms with van der Waals surface area (Å²) in [5.74, 6) is 0.900. The first-order chi connectivity index (χ1) is 9.53. The molecule has 0 bridgehead atoms. The van der Waals surface area contributed by atoms with Crippen LogP contribution in [0.3, 0.4) is 0 Å². The van der Waals surface area contributed by atoms with E-state index in [1.54, 1.807) is 6.07 Å². The van der Waals surface area contributed by atoms with Crippen LogP contribution in [0.5, 0.6) is 17.2 Å². The lowest BCUT2D eigenvalue weighted by Crippen LogP contribution is -2.39. The van der Waals surface area contributed by atoms with Crippen molar-refractivity contribution >= 4 is 0 Å². The maximum atomic E-state index is 10.1. The average molecular weight is 284 g/mol. The molecule has 1 aliphatic rings. The van der Waals surface area contributed by atoms with Crippen LogP contribution < -0.4 is 9.47 Å².